The maximum absolute atomic E-state index is 12.4. The summed E-state index contributed by atoms with van der Waals surface area (Å²) in [5.41, 5.74) is 6.68. The molecule has 0 aliphatic carbocycles. The van der Waals surface area contributed by atoms with Crippen molar-refractivity contribution in [1.29, 1.82) is 0 Å². The second-order valence-corrected chi connectivity index (χ2v) is 6.65. The third kappa shape index (κ3) is 4.29. The molecule has 140 valence electrons. The van der Waals surface area contributed by atoms with E-state index in [1.54, 1.807) is 17.6 Å². The first-order valence-electron chi connectivity index (χ1n) is 8.31. The smallest absolute Gasteiger partial charge is 0.277 e. The van der Waals surface area contributed by atoms with E-state index in [4.69, 9.17) is 5.73 Å². The number of rotatable bonds is 7. The van der Waals surface area contributed by atoms with Gasteiger partial charge in [0.1, 0.15) is 11.4 Å². The third-order valence-corrected chi connectivity index (χ3v) is 4.55. The number of thiazole rings is 1. The van der Waals surface area contributed by atoms with Gasteiger partial charge in [0.25, 0.3) is 17.4 Å². The summed E-state index contributed by atoms with van der Waals surface area (Å²) in [6, 6.07) is 4.31. The first-order chi connectivity index (χ1) is 13.0. The van der Waals surface area contributed by atoms with Crippen molar-refractivity contribution in [2.24, 2.45) is 5.73 Å². The van der Waals surface area contributed by atoms with Crippen LogP contribution < -0.4 is 16.6 Å². The Hall–Kier alpha value is -3.27. The van der Waals surface area contributed by atoms with Gasteiger partial charge in [0, 0.05) is 29.8 Å². The number of H-pyrrole nitrogens is 1. The van der Waals surface area contributed by atoms with E-state index < -0.39 is 11.8 Å². The summed E-state index contributed by atoms with van der Waals surface area (Å²) in [4.78, 5) is 42.4. The SMILES string of the molecule is CCCCn1nc(C(=O)Nc2nc(-c3c[nH]c(C(N)=O)c3)cs2)ccc1=O. The summed E-state index contributed by atoms with van der Waals surface area (Å²) in [6.07, 6.45) is 3.34. The summed E-state index contributed by atoms with van der Waals surface area (Å²) in [5, 5.41) is 8.90. The Morgan fingerprint density at radius 2 is 2.19 bits per heavy atom. The van der Waals surface area contributed by atoms with Crippen molar-refractivity contribution >= 4 is 28.3 Å². The van der Waals surface area contributed by atoms with Gasteiger partial charge in [-0.3, -0.25) is 19.7 Å². The lowest BCUT2D eigenvalue weighted by atomic mass is 10.2. The van der Waals surface area contributed by atoms with E-state index in [1.165, 1.54) is 28.2 Å². The van der Waals surface area contributed by atoms with Crippen molar-refractivity contribution < 1.29 is 9.59 Å². The Balaban J connectivity index is 1.74. The fourth-order valence-electron chi connectivity index (χ4n) is 2.35. The maximum atomic E-state index is 12.4. The number of primary amides is 1. The van der Waals surface area contributed by atoms with Crippen molar-refractivity contribution in [3.63, 3.8) is 0 Å². The summed E-state index contributed by atoms with van der Waals surface area (Å²) >= 11 is 1.24. The van der Waals surface area contributed by atoms with Crippen LogP contribution in [0.3, 0.4) is 0 Å². The van der Waals surface area contributed by atoms with Crippen molar-refractivity contribution in [3.8, 4) is 11.3 Å². The van der Waals surface area contributed by atoms with Gasteiger partial charge in [-0.25, -0.2) is 9.67 Å². The highest BCUT2D eigenvalue weighted by Gasteiger charge is 2.14. The molecule has 9 nitrogen and oxygen atoms in total. The standard InChI is InChI=1S/C17H18N6O3S/c1-2-3-6-23-14(24)5-4-11(22-23)16(26)21-17-20-13(9-27-17)10-7-12(15(18)25)19-8-10/h4-5,7-9,19H,2-3,6H2,1H3,(H2,18,25)(H,20,21,26). The summed E-state index contributed by atoms with van der Waals surface area (Å²) in [7, 11) is 0. The van der Waals surface area contributed by atoms with E-state index in [1.807, 2.05) is 6.92 Å². The second-order valence-electron chi connectivity index (χ2n) is 5.79. The van der Waals surface area contributed by atoms with E-state index in [0.717, 1.165) is 12.8 Å². The first kappa shape index (κ1) is 18.5. The minimum Gasteiger partial charge on any atom is -0.364 e. The molecule has 3 heterocycles. The highest BCUT2D eigenvalue weighted by molar-refractivity contribution is 7.14. The zero-order valence-electron chi connectivity index (χ0n) is 14.6. The van der Waals surface area contributed by atoms with Gasteiger partial charge in [-0.1, -0.05) is 13.3 Å². The van der Waals surface area contributed by atoms with Gasteiger partial charge >= 0.3 is 0 Å². The molecule has 2 amide bonds. The molecule has 0 saturated heterocycles. The van der Waals surface area contributed by atoms with Crippen LogP contribution in [0, 0.1) is 0 Å². The Morgan fingerprint density at radius 1 is 1.37 bits per heavy atom. The lowest BCUT2D eigenvalue weighted by Crippen LogP contribution is -2.26. The number of hydrogen-bond donors (Lipinski definition) is 3. The van der Waals surface area contributed by atoms with E-state index >= 15 is 0 Å². The number of carbonyl (C=O) groups excluding carboxylic acids is 2. The third-order valence-electron chi connectivity index (χ3n) is 3.79. The number of unbranched alkanes of at least 4 members (excludes halogenated alkanes) is 1. The first-order valence-corrected chi connectivity index (χ1v) is 9.19. The molecule has 0 spiro atoms. The monoisotopic (exact) mass is 386 g/mol. The van der Waals surface area contributed by atoms with Crippen molar-refractivity contribution in [1.82, 2.24) is 19.7 Å². The summed E-state index contributed by atoms with van der Waals surface area (Å²) in [5.74, 6) is -1.01. The van der Waals surface area contributed by atoms with E-state index in [0.29, 0.717) is 22.9 Å². The molecule has 0 fully saturated rings. The summed E-state index contributed by atoms with van der Waals surface area (Å²) in [6.45, 7) is 2.48. The molecule has 0 saturated carbocycles. The van der Waals surface area contributed by atoms with Gasteiger partial charge in [0.15, 0.2) is 5.13 Å². The molecular formula is C17H18N6O3S. The van der Waals surface area contributed by atoms with Crippen molar-refractivity contribution in [2.75, 3.05) is 5.32 Å². The maximum Gasteiger partial charge on any atom is 0.277 e. The minimum atomic E-state index is -0.561. The molecule has 0 aliphatic heterocycles. The normalized spacial score (nSPS) is 10.7. The number of aromatic nitrogens is 4. The highest BCUT2D eigenvalue weighted by atomic mass is 32.1. The number of hydrogen-bond acceptors (Lipinski definition) is 6. The number of nitrogens with two attached hydrogens (primary N) is 1. The Morgan fingerprint density at radius 3 is 2.89 bits per heavy atom. The van der Waals surface area contributed by atoms with Crippen LogP contribution in [-0.4, -0.2) is 31.6 Å². The average molecular weight is 386 g/mol. The molecule has 3 aromatic rings. The van der Waals surface area contributed by atoms with Crippen LogP contribution in [-0.2, 0) is 6.54 Å². The van der Waals surface area contributed by atoms with Gasteiger partial charge in [-0.15, -0.1) is 11.3 Å². The molecule has 0 unspecified atom stereocenters. The average Bonchev–Trinajstić information content (AvgIpc) is 3.30. The number of nitrogens with one attached hydrogen (secondary N) is 2. The predicted molar refractivity (Wildman–Crippen MR) is 102 cm³/mol. The van der Waals surface area contributed by atoms with Gasteiger partial charge < -0.3 is 10.7 Å². The lowest BCUT2D eigenvalue weighted by molar-refractivity contribution is 0.0993. The molecular weight excluding hydrogens is 368 g/mol. The quantitative estimate of drug-likeness (QED) is 0.569. The van der Waals surface area contributed by atoms with Gasteiger partial charge in [-0.2, -0.15) is 5.10 Å². The minimum absolute atomic E-state index is 0.139. The molecule has 0 radical (unpaired) electrons. The molecule has 27 heavy (non-hydrogen) atoms. The fraction of sp³-hybridized carbons (Fsp3) is 0.235. The topological polar surface area (TPSA) is 136 Å². The molecule has 0 aliphatic rings. The molecule has 10 heteroatoms. The van der Waals surface area contributed by atoms with Crippen LogP contribution in [0.2, 0.25) is 0 Å². The number of aryl methyl sites for hydroxylation is 1. The Labute approximate surface area is 158 Å². The Kier molecular flexibility index (Phi) is 5.46. The number of carbonyl (C=O) groups is 2. The largest absolute Gasteiger partial charge is 0.364 e. The molecule has 0 atom stereocenters. The van der Waals surface area contributed by atoms with E-state index in [-0.39, 0.29) is 16.9 Å². The van der Waals surface area contributed by atoms with Crippen molar-refractivity contribution in [3.05, 3.63) is 51.5 Å². The van der Waals surface area contributed by atoms with Gasteiger partial charge in [0.05, 0.1) is 5.69 Å². The molecule has 3 rings (SSSR count). The molecule has 4 N–H and O–H groups in total. The number of amides is 2. The van der Waals surface area contributed by atoms with E-state index in [2.05, 4.69) is 20.4 Å². The fourth-order valence-corrected chi connectivity index (χ4v) is 3.06. The van der Waals surface area contributed by atoms with Crippen LogP contribution in [0.15, 0.2) is 34.6 Å². The lowest BCUT2D eigenvalue weighted by Gasteiger charge is -2.05. The number of nitrogens with zero attached hydrogens (tertiary/aromatic N) is 3. The van der Waals surface area contributed by atoms with Crippen LogP contribution in [0.5, 0.6) is 0 Å². The van der Waals surface area contributed by atoms with Crippen LogP contribution in [0.1, 0.15) is 40.7 Å². The van der Waals surface area contributed by atoms with Crippen LogP contribution in [0.25, 0.3) is 11.3 Å². The molecule has 0 bridgehead atoms. The zero-order chi connectivity index (χ0) is 19.4. The highest BCUT2D eigenvalue weighted by Crippen LogP contribution is 2.25. The van der Waals surface area contributed by atoms with Crippen LogP contribution >= 0.6 is 11.3 Å². The molecule has 0 aromatic carbocycles. The van der Waals surface area contributed by atoms with Gasteiger partial charge in [-0.05, 0) is 18.6 Å². The molecule has 3 aromatic heterocycles. The van der Waals surface area contributed by atoms with Crippen LogP contribution in [0.4, 0.5) is 5.13 Å². The van der Waals surface area contributed by atoms with Gasteiger partial charge in [0.2, 0.25) is 0 Å². The van der Waals surface area contributed by atoms with Crippen molar-refractivity contribution in [2.45, 2.75) is 26.3 Å². The van der Waals surface area contributed by atoms with E-state index in [9.17, 15) is 14.4 Å². The number of aromatic amines is 1. The predicted octanol–water partition coefficient (Wildman–Crippen LogP) is 1.85. The number of anilines is 1. The Bertz CT molecular complexity index is 1040. The summed E-state index contributed by atoms with van der Waals surface area (Å²) < 4.78 is 1.29. The zero-order valence-corrected chi connectivity index (χ0v) is 15.4. The second kappa shape index (κ2) is 7.96.